The average Bonchev–Trinajstić information content (AvgIpc) is 2.85. The molecule has 1 N–H and O–H groups in total. The van der Waals surface area contributed by atoms with Crippen molar-refractivity contribution in [3.05, 3.63) is 29.2 Å². The molecule has 0 aromatic carbocycles. The molecule has 2 atom stereocenters. The lowest BCUT2D eigenvalue weighted by Gasteiger charge is -2.02. The predicted molar refractivity (Wildman–Crippen MR) is 64.1 cm³/mol. The van der Waals surface area contributed by atoms with Crippen molar-refractivity contribution in [1.29, 1.82) is 0 Å². The molecule has 0 bridgehead atoms. The summed E-state index contributed by atoms with van der Waals surface area (Å²) < 4.78 is 12.9. The third-order valence-electron chi connectivity index (χ3n) is 2.83. The maximum atomic E-state index is 12.9. The second-order valence-corrected chi connectivity index (χ2v) is 4.45. The first-order valence-corrected chi connectivity index (χ1v) is 5.75. The lowest BCUT2D eigenvalue weighted by atomic mass is 10.2. The quantitative estimate of drug-likeness (QED) is 0.822. The van der Waals surface area contributed by atoms with Crippen molar-refractivity contribution in [2.24, 2.45) is 10.9 Å². The van der Waals surface area contributed by atoms with Crippen LogP contribution in [0.3, 0.4) is 0 Å². The summed E-state index contributed by atoms with van der Waals surface area (Å²) in [5.74, 6) is 1.37. The van der Waals surface area contributed by atoms with E-state index in [2.05, 4.69) is 20.3 Å². The van der Waals surface area contributed by atoms with Gasteiger partial charge in [-0.15, -0.1) is 0 Å². The van der Waals surface area contributed by atoms with Gasteiger partial charge in [-0.2, -0.15) is 0 Å². The van der Waals surface area contributed by atoms with Gasteiger partial charge in [0.25, 0.3) is 0 Å². The zero-order chi connectivity index (χ0) is 11.8. The van der Waals surface area contributed by atoms with E-state index in [1.807, 2.05) is 6.08 Å². The molecule has 1 fully saturated rings. The Morgan fingerprint density at radius 1 is 1.47 bits per heavy atom. The Balaban J connectivity index is 1.69. The molecule has 1 saturated carbocycles. The van der Waals surface area contributed by atoms with Crippen LogP contribution in [0.2, 0.25) is 5.28 Å². The van der Waals surface area contributed by atoms with E-state index in [-0.39, 0.29) is 11.2 Å². The first-order chi connectivity index (χ1) is 8.22. The summed E-state index contributed by atoms with van der Waals surface area (Å²) in [4.78, 5) is 12.1. The Hall–Kier alpha value is -1.49. The zero-order valence-corrected chi connectivity index (χ0v) is 9.65. The van der Waals surface area contributed by atoms with Crippen molar-refractivity contribution in [2.45, 2.75) is 12.6 Å². The van der Waals surface area contributed by atoms with Crippen LogP contribution in [-0.2, 0) is 0 Å². The van der Waals surface area contributed by atoms with Crippen LogP contribution in [0, 0.1) is 5.92 Å². The summed E-state index contributed by atoms with van der Waals surface area (Å²) in [5, 5.41) is 3.21. The molecule has 17 heavy (non-hydrogen) atoms. The van der Waals surface area contributed by atoms with Crippen molar-refractivity contribution in [1.82, 2.24) is 9.97 Å². The molecule has 1 aromatic rings. The minimum Gasteiger partial charge on any atom is -0.325 e. The van der Waals surface area contributed by atoms with Gasteiger partial charge < -0.3 is 5.32 Å². The zero-order valence-electron chi connectivity index (χ0n) is 8.90. The summed E-state index contributed by atoms with van der Waals surface area (Å²) in [5.41, 5.74) is 1.06. The topological polar surface area (TPSA) is 50.2 Å². The number of alkyl halides is 1. The molecule has 0 saturated heterocycles. The van der Waals surface area contributed by atoms with Crippen LogP contribution in [0.15, 0.2) is 28.9 Å². The van der Waals surface area contributed by atoms with Crippen LogP contribution < -0.4 is 5.32 Å². The Labute approximate surface area is 103 Å². The van der Waals surface area contributed by atoms with E-state index in [0.717, 1.165) is 5.57 Å². The maximum Gasteiger partial charge on any atom is 0.224 e. The van der Waals surface area contributed by atoms with Crippen molar-refractivity contribution in [2.75, 3.05) is 11.9 Å². The van der Waals surface area contributed by atoms with Crippen molar-refractivity contribution >= 4 is 23.3 Å². The normalized spacial score (nSPS) is 26.5. The van der Waals surface area contributed by atoms with Crippen molar-refractivity contribution < 1.29 is 4.39 Å². The number of aromatic nitrogens is 2. The average molecular weight is 253 g/mol. The molecule has 0 amide bonds. The highest BCUT2D eigenvalue weighted by molar-refractivity contribution is 6.28. The Morgan fingerprint density at radius 3 is 3.00 bits per heavy atom. The van der Waals surface area contributed by atoms with Crippen LogP contribution in [0.1, 0.15) is 6.42 Å². The van der Waals surface area contributed by atoms with Gasteiger partial charge in [0.2, 0.25) is 5.28 Å². The largest absolute Gasteiger partial charge is 0.325 e. The molecular weight excluding hydrogens is 243 g/mol. The lowest BCUT2D eigenvalue weighted by molar-refractivity contribution is 0.458. The highest BCUT2D eigenvalue weighted by Gasteiger charge is 2.41. The standard InChI is InChI=1S/C11H10ClFN4/c12-11-14-2-1-9(17-11)16-10-3-6(5-15-10)7-4-8(7)13/h1-3,7-8H,4-5H2,(H,14,15,16,17)/t7-,8+/m1/s1. The number of hydrogen-bond donors (Lipinski definition) is 1. The molecule has 6 heteroatoms. The second-order valence-electron chi connectivity index (χ2n) is 4.11. The summed E-state index contributed by atoms with van der Waals surface area (Å²) in [6, 6.07) is 1.70. The number of amidine groups is 1. The minimum absolute atomic E-state index is 0.0760. The first kappa shape index (κ1) is 10.7. The molecule has 0 unspecified atom stereocenters. The van der Waals surface area contributed by atoms with Crippen LogP contribution in [0.5, 0.6) is 0 Å². The monoisotopic (exact) mass is 252 g/mol. The van der Waals surface area contributed by atoms with Gasteiger partial charge in [-0.1, -0.05) is 0 Å². The fourth-order valence-electron chi connectivity index (χ4n) is 1.83. The molecule has 4 nitrogen and oxygen atoms in total. The molecule has 2 aliphatic rings. The number of hydrogen-bond acceptors (Lipinski definition) is 4. The van der Waals surface area contributed by atoms with E-state index < -0.39 is 6.17 Å². The number of anilines is 1. The molecule has 3 rings (SSSR count). The van der Waals surface area contributed by atoms with Gasteiger partial charge in [0.1, 0.15) is 17.8 Å². The van der Waals surface area contributed by atoms with E-state index in [4.69, 9.17) is 11.6 Å². The molecule has 88 valence electrons. The van der Waals surface area contributed by atoms with Gasteiger partial charge in [-0.3, -0.25) is 4.99 Å². The van der Waals surface area contributed by atoms with E-state index in [0.29, 0.717) is 24.6 Å². The third-order valence-corrected chi connectivity index (χ3v) is 3.01. The molecule has 1 aliphatic heterocycles. The third kappa shape index (κ3) is 2.29. The highest BCUT2D eigenvalue weighted by Crippen LogP contribution is 2.41. The van der Waals surface area contributed by atoms with E-state index in [1.165, 1.54) is 0 Å². The van der Waals surface area contributed by atoms with E-state index >= 15 is 0 Å². The van der Waals surface area contributed by atoms with Gasteiger partial charge >= 0.3 is 0 Å². The summed E-state index contributed by atoms with van der Waals surface area (Å²) in [7, 11) is 0. The molecule has 2 heterocycles. The summed E-state index contributed by atoms with van der Waals surface area (Å²) in [6.07, 6.45) is 3.41. The number of halogens is 2. The van der Waals surface area contributed by atoms with Crippen molar-refractivity contribution in [3.63, 3.8) is 0 Å². The predicted octanol–water partition coefficient (Wildman–Crippen LogP) is 2.24. The fourth-order valence-corrected chi connectivity index (χ4v) is 1.97. The van der Waals surface area contributed by atoms with Crippen LogP contribution in [0.25, 0.3) is 0 Å². The molecule has 1 aliphatic carbocycles. The molecule has 0 radical (unpaired) electrons. The lowest BCUT2D eigenvalue weighted by Crippen LogP contribution is -2.08. The smallest absolute Gasteiger partial charge is 0.224 e. The highest BCUT2D eigenvalue weighted by atomic mass is 35.5. The number of rotatable bonds is 2. The number of nitrogens with zero attached hydrogens (tertiary/aromatic N) is 3. The first-order valence-electron chi connectivity index (χ1n) is 5.37. The Bertz CT molecular complexity index is 514. The van der Waals surface area contributed by atoms with Gasteiger partial charge in [0.15, 0.2) is 0 Å². The van der Waals surface area contributed by atoms with Crippen LogP contribution in [-0.4, -0.2) is 28.5 Å². The Morgan fingerprint density at radius 2 is 2.29 bits per heavy atom. The number of aliphatic imine (C=N–C) groups is 1. The van der Waals surface area contributed by atoms with Gasteiger partial charge in [0.05, 0.1) is 6.54 Å². The molecule has 1 aromatic heterocycles. The Kier molecular flexibility index (Phi) is 2.55. The molecular formula is C11H10ClFN4. The number of nitrogens with one attached hydrogen (secondary N) is 1. The maximum absolute atomic E-state index is 12.9. The van der Waals surface area contributed by atoms with Gasteiger partial charge in [-0.25, -0.2) is 14.4 Å². The molecule has 0 spiro atoms. The summed E-state index contributed by atoms with van der Waals surface area (Å²) >= 11 is 5.67. The van der Waals surface area contributed by atoms with Crippen LogP contribution >= 0.6 is 11.6 Å². The SMILES string of the molecule is F[C@H]1C[C@@H]1C1=CC(Nc2ccnc(Cl)n2)=NC1. The van der Waals surface area contributed by atoms with Gasteiger partial charge in [-0.05, 0) is 35.7 Å². The van der Waals surface area contributed by atoms with Crippen molar-refractivity contribution in [3.8, 4) is 0 Å². The van der Waals surface area contributed by atoms with Gasteiger partial charge in [0, 0.05) is 12.1 Å². The second kappa shape index (κ2) is 4.07. The fraction of sp³-hybridized carbons (Fsp3) is 0.364. The minimum atomic E-state index is -0.677. The van der Waals surface area contributed by atoms with E-state index in [9.17, 15) is 4.39 Å². The van der Waals surface area contributed by atoms with E-state index in [1.54, 1.807) is 12.3 Å². The summed E-state index contributed by atoms with van der Waals surface area (Å²) in [6.45, 7) is 0.576. The van der Waals surface area contributed by atoms with Crippen LogP contribution in [0.4, 0.5) is 10.2 Å².